The minimum absolute atomic E-state index is 0.0127. The van der Waals surface area contributed by atoms with E-state index < -0.39 is 137 Å². The van der Waals surface area contributed by atoms with Gasteiger partial charge in [-0.05, 0) is 119 Å². The van der Waals surface area contributed by atoms with Gasteiger partial charge in [-0.25, -0.2) is 4.79 Å². The molecule has 7 aromatic carbocycles. The second-order valence-electron chi connectivity index (χ2n) is 20.1. The van der Waals surface area contributed by atoms with Crippen LogP contribution in [0.4, 0.5) is 0 Å². The molecule has 444 valence electrons. The lowest BCUT2D eigenvalue weighted by atomic mass is 9.89. The summed E-state index contributed by atoms with van der Waals surface area (Å²) >= 11 is 13.7. The standard InChI is InChI=1S/C59H51Cl2N7O18/c1-83-59(82)50-34-20-31(71)21-39(74)45(34)33-14-25(4-6-37(33)72)48-56(79)68-51(58(81)67-50)52(75)26-5-9-41(36(61)15-26)86-44-18-28-17-43(53(44)76)85-40-8-2-23(11-35(40)60)10-29(22-69)64-54(77)46(62)24-3-7-38(73)42(16-24)84-32-13-27(12-30(70)19-32)47(63)55(78)65-49(28)57(80)66-48/h2-9,11-21,29,46-52,69-76H,10,22,62-63H2,1H3,(H,64,77)(H,65,78)(H,66,80)(H,67,81)(H,68,79)/t29-,46-,47+,48-,49-,50+,51+,52-/m1/s1. The summed E-state index contributed by atoms with van der Waals surface area (Å²) in [5, 5.41) is 102. The summed E-state index contributed by atoms with van der Waals surface area (Å²) in [6, 6.07) is 10.2. The number of aromatic hydroxyl groups is 6. The molecule has 0 saturated heterocycles. The van der Waals surface area contributed by atoms with Gasteiger partial charge in [-0.2, -0.15) is 0 Å². The summed E-state index contributed by atoms with van der Waals surface area (Å²) in [4.78, 5) is 87.3. The van der Waals surface area contributed by atoms with Crippen LogP contribution in [0.25, 0.3) is 11.1 Å². The highest BCUT2D eigenvalue weighted by Crippen LogP contribution is 2.48. The molecule has 7 aromatic rings. The Morgan fingerprint density at radius 3 is 1.84 bits per heavy atom. The van der Waals surface area contributed by atoms with Crippen molar-refractivity contribution < 1.29 is 88.6 Å². The van der Waals surface area contributed by atoms with Crippen LogP contribution in [0.15, 0.2) is 115 Å². The molecule has 0 saturated carbocycles. The number of aliphatic hydroxyl groups excluding tert-OH is 2. The first-order valence-corrected chi connectivity index (χ1v) is 26.7. The molecule has 15 bridgehead atoms. The quantitative estimate of drug-likeness (QED) is 0.102. The smallest absolute Gasteiger partial charge is 0.333 e. The molecule has 5 heterocycles. The van der Waals surface area contributed by atoms with Crippen LogP contribution < -0.4 is 52.3 Å². The Balaban J connectivity index is 1.18. The summed E-state index contributed by atoms with van der Waals surface area (Å²) < 4.78 is 23.4. The van der Waals surface area contributed by atoms with Crippen molar-refractivity contribution in [2.45, 2.75) is 54.8 Å². The van der Waals surface area contributed by atoms with E-state index in [0.717, 1.165) is 61.7 Å². The summed E-state index contributed by atoms with van der Waals surface area (Å²) in [6.45, 7) is -0.564. The molecule has 5 aliphatic heterocycles. The molecule has 5 aliphatic rings. The number of ether oxygens (including phenoxy) is 4. The molecule has 25 nitrogen and oxygen atoms in total. The van der Waals surface area contributed by atoms with Crippen LogP contribution >= 0.6 is 23.2 Å². The average Bonchev–Trinajstić information content (AvgIpc) is 1.85. The van der Waals surface area contributed by atoms with Crippen LogP contribution in [0, 0.1) is 0 Å². The van der Waals surface area contributed by atoms with Crippen molar-refractivity contribution in [2.24, 2.45) is 11.5 Å². The Morgan fingerprint density at radius 1 is 0.558 bits per heavy atom. The molecular formula is C59H51Cl2N7O18. The number of aliphatic hydroxyl groups is 2. The lowest BCUT2D eigenvalue weighted by Crippen LogP contribution is -2.55. The van der Waals surface area contributed by atoms with Gasteiger partial charge < -0.3 is 97.9 Å². The van der Waals surface area contributed by atoms with Crippen molar-refractivity contribution in [1.82, 2.24) is 26.6 Å². The Hall–Kier alpha value is -10.0. The number of carbonyl (C=O) groups excluding carboxylic acids is 6. The van der Waals surface area contributed by atoms with E-state index in [4.69, 9.17) is 53.6 Å². The predicted molar refractivity (Wildman–Crippen MR) is 302 cm³/mol. The van der Waals surface area contributed by atoms with Crippen LogP contribution in [0.2, 0.25) is 10.0 Å². The third-order valence-corrected chi connectivity index (χ3v) is 15.0. The molecule has 0 radical (unpaired) electrons. The Labute approximate surface area is 496 Å². The van der Waals surface area contributed by atoms with Gasteiger partial charge in [-0.1, -0.05) is 47.5 Å². The zero-order chi connectivity index (χ0) is 61.6. The van der Waals surface area contributed by atoms with Crippen LogP contribution in [0.3, 0.4) is 0 Å². The first kappa shape index (κ1) is 59.2. The van der Waals surface area contributed by atoms with Crippen molar-refractivity contribution in [3.8, 4) is 80.1 Å². The number of phenols is 6. The highest BCUT2D eigenvalue weighted by Gasteiger charge is 2.40. The number of hydrogen-bond donors (Lipinski definition) is 15. The van der Waals surface area contributed by atoms with Crippen LogP contribution in [-0.4, -0.2) is 102 Å². The van der Waals surface area contributed by atoms with Crippen LogP contribution in [0.1, 0.15) is 75.3 Å². The molecule has 0 aliphatic carbocycles. The minimum Gasteiger partial charge on any atom is -0.508 e. The second kappa shape index (κ2) is 23.9. The first-order chi connectivity index (χ1) is 41.0. The third kappa shape index (κ3) is 11.9. The van der Waals surface area contributed by atoms with Crippen LogP contribution in [0.5, 0.6) is 69.0 Å². The van der Waals surface area contributed by atoms with Gasteiger partial charge in [0.25, 0.3) is 0 Å². The highest BCUT2D eigenvalue weighted by molar-refractivity contribution is 6.32. The van der Waals surface area contributed by atoms with E-state index in [9.17, 15) is 60.0 Å². The number of nitrogens with one attached hydrogen (secondary N) is 5. The van der Waals surface area contributed by atoms with Crippen molar-refractivity contribution in [2.75, 3.05) is 13.7 Å². The van der Waals surface area contributed by atoms with E-state index in [2.05, 4.69) is 26.6 Å². The van der Waals surface area contributed by atoms with Gasteiger partial charge in [-0.3, -0.25) is 24.0 Å². The van der Waals surface area contributed by atoms with E-state index in [1.54, 1.807) is 0 Å². The number of carbonyl (C=O) groups is 6. The number of nitrogens with two attached hydrogens (primary N) is 2. The predicted octanol–water partition coefficient (Wildman–Crippen LogP) is 4.89. The van der Waals surface area contributed by atoms with Crippen molar-refractivity contribution in [3.05, 3.63) is 164 Å². The first-order valence-electron chi connectivity index (χ1n) is 25.9. The number of fused-ring (bicyclic) bond motifs is 15. The van der Waals surface area contributed by atoms with E-state index >= 15 is 9.59 Å². The molecule has 17 N–H and O–H groups in total. The zero-order valence-electron chi connectivity index (χ0n) is 44.6. The number of esters is 1. The normalized spacial score (nSPS) is 21.5. The number of amides is 5. The monoisotopic (exact) mass is 1220 g/mol. The SMILES string of the molecule is COC(=O)[C@H]1NC(=O)[C@H]2NC(=O)[C@H](NC(=O)[C@@H]3NC(=O)[C@@H](N)c4cc(O)cc(c4)Oc4cc(ccc4O)[C@@H](N)C(=O)N[C@@H](CO)Cc4ccc(c(Cl)c4)Oc4cc3cc(c4O)Oc3ccc(cc3Cl)[C@H]2O)c2ccc(O)c(c2)-c2c(O)cc(O)cc21. The number of halogens is 2. The third-order valence-electron chi connectivity index (χ3n) is 14.4. The molecule has 12 rings (SSSR count). The molecule has 0 spiro atoms. The van der Waals surface area contributed by atoms with Crippen molar-refractivity contribution in [3.63, 3.8) is 0 Å². The van der Waals surface area contributed by atoms with Gasteiger partial charge in [0.1, 0.15) is 76.6 Å². The minimum atomic E-state index is -2.11. The van der Waals surface area contributed by atoms with Gasteiger partial charge in [0.05, 0.1) is 29.8 Å². The van der Waals surface area contributed by atoms with Gasteiger partial charge in [0, 0.05) is 28.8 Å². The fourth-order valence-corrected chi connectivity index (χ4v) is 10.5. The van der Waals surface area contributed by atoms with E-state index in [-0.39, 0.29) is 84.0 Å². The summed E-state index contributed by atoms with van der Waals surface area (Å²) in [5.41, 5.74) is 11.7. The lowest BCUT2D eigenvalue weighted by Gasteiger charge is -2.31. The summed E-state index contributed by atoms with van der Waals surface area (Å²) in [5.74, 6) is -12.5. The zero-order valence-corrected chi connectivity index (χ0v) is 46.1. The maximum atomic E-state index is 15.5. The van der Waals surface area contributed by atoms with Gasteiger partial charge in [0.2, 0.25) is 35.3 Å². The number of hydrogen-bond acceptors (Lipinski definition) is 20. The Bertz CT molecular complexity index is 3940. The molecular weight excluding hydrogens is 1170 g/mol. The number of rotatable bonds is 2. The fraction of sp³-hybridized carbons (Fsp3) is 0.186. The molecule has 5 amide bonds. The second-order valence-corrected chi connectivity index (χ2v) is 21.0. The number of methoxy groups -OCH3 is 1. The molecule has 0 unspecified atom stereocenters. The number of phenolic OH excluding ortho intramolecular Hbond substituents is 6. The maximum absolute atomic E-state index is 15.5. The van der Waals surface area contributed by atoms with Crippen molar-refractivity contribution in [1.29, 1.82) is 0 Å². The summed E-state index contributed by atoms with van der Waals surface area (Å²) in [7, 11) is 0.971. The van der Waals surface area contributed by atoms with Gasteiger partial charge in [0.15, 0.2) is 29.0 Å². The van der Waals surface area contributed by atoms with E-state index in [1.807, 2.05) is 0 Å². The summed E-state index contributed by atoms with van der Waals surface area (Å²) in [6.07, 6.45) is -2.09. The lowest BCUT2D eigenvalue weighted by molar-refractivity contribution is -0.146. The topological polar surface area (TPSA) is 413 Å². The maximum Gasteiger partial charge on any atom is 0.333 e. The Kier molecular flexibility index (Phi) is 16.5. The molecule has 0 fully saturated rings. The molecule has 0 aromatic heterocycles. The van der Waals surface area contributed by atoms with Gasteiger partial charge >= 0.3 is 5.97 Å². The Morgan fingerprint density at radius 2 is 1.15 bits per heavy atom. The molecule has 86 heavy (non-hydrogen) atoms. The average molecular weight is 1220 g/mol. The number of benzene rings is 7. The van der Waals surface area contributed by atoms with Gasteiger partial charge in [-0.15, -0.1) is 0 Å². The van der Waals surface area contributed by atoms with Crippen molar-refractivity contribution >= 4 is 58.7 Å². The van der Waals surface area contributed by atoms with Crippen LogP contribution in [-0.2, 0) is 39.9 Å². The fourth-order valence-electron chi connectivity index (χ4n) is 9.99. The molecule has 8 atom stereocenters. The van der Waals surface area contributed by atoms with E-state index in [0.29, 0.717) is 5.56 Å². The largest absolute Gasteiger partial charge is 0.508 e. The highest BCUT2D eigenvalue weighted by atomic mass is 35.5. The van der Waals surface area contributed by atoms with E-state index in [1.165, 1.54) is 60.7 Å². The molecule has 27 heteroatoms.